The molecular formula is C11H13ClN4. The molecule has 16 heavy (non-hydrogen) atoms. The average Bonchev–Trinajstić information content (AvgIpc) is 2.64. The molecule has 0 saturated heterocycles. The smallest absolute Gasteiger partial charge is 0.0765 e. The van der Waals surface area contributed by atoms with Crippen molar-refractivity contribution in [2.45, 2.75) is 13.5 Å². The summed E-state index contributed by atoms with van der Waals surface area (Å²) < 4.78 is 0. The summed E-state index contributed by atoms with van der Waals surface area (Å²) in [4.78, 5) is 0. The Kier molecular flexibility index (Phi) is 3.01. The van der Waals surface area contributed by atoms with Gasteiger partial charge in [-0.15, -0.1) is 0 Å². The topological polar surface area (TPSA) is 66.7 Å². The van der Waals surface area contributed by atoms with Crippen LogP contribution in [0.15, 0.2) is 24.4 Å². The predicted octanol–water partition coefficient (Wildman–Crippen LogP) is 2.57. The third-order valence-electron chi connectivity index (χ3n) is 2.44. The largest absolute Gasteiger partial charge is 0.397 e. The van der Waals surface area contributed by atoms with Crippen LogP contribution >= 0.6 is 11.6 Å². The van der Waals surface area contributed by atoms with Gasteiger partial charge in [-0.25, -0.2) is 0 Å². The monoisotopic (exact) mass is 236 g/mol. The van der Waals surface area contributed by atoms with Crippen molar-refractivity contribution in [1.82, 2.24) is 10.2 Å². The summed E-state index contributed by atoms with van der Waals surface area (Å²) in [5, 5.41) is 10.7. The van der Waals surface area contributed by atoms with Gasteiger partial charge in [0, 0.05) is 17.8 Å². The van der Waals surface area contributed by atoms with Gasteiger partial charge in [0.15, 0.2) is 0 Å². The molecule has 0 aliphatic heterocycles. The molecule has 0 amide bonds. The number of benzene rings is 1. The number of para-hydroxylation sites is 1. The number of halogens is 1. The first-order valence-corrected chi connectivity index (χ1v) is 5.33. The average molecular weight is 237 g/mol. The summed E-state index contributed by atoms with van der Waals surface area (Å²) >= 11 is 6.04. The highest BCUT2D eigenvalue weighted by Crippen LogP contribution is 2.28. The second-order valence-electron chi connectivity index (χ2n) is 3.58. The van der Waals surface area contributed by atoms with E-state index in [-0.39, 0.29) is 0 Å². The highest BCUT2D eigenvalue weighted by Gasteiger charge is 2.05. The van der Waals surface area contributed by atoms with E-state index in [0.717, 1.165) is 16.9 Å². The van der Waals surface area contributed by atoms with E-state index < -0.39 is 0 Å². The van der Waals surface area contributed by atoms with Crippen LogP contribution in [-0.4, -0.2) is 10.2 Å². The van der Waals surface area contributed by atoms with Crippen molar-refractivity contribution in [2.75, 3.05) is 11.1 Å². The number of aromatic nitrogens is 2. The molecule has 1 aromatic heterocycles. The van der Waals surface area contributed by atoms with Crippen LogP contribution in [0, 0.1) is 6.92 Å². The second kappa shape index (κ2) is 4.45. The van der Waals surface area contributed by atoms with Crippen molar-refractivity contribution in [3.8, 4) is 0 Å². The molecule has 0 fully saturated rings. The van der Waals surface area contributed by atoms with Crippen LogP contribution < -0.4 is 11.1 Å². The molecule has 5 heteroatoms. The lowest BCUT2D eigenvalue weighted by molar-refractivity contribution is 1.04. The molecule has 1 heterocycles. The predicted molar refractivity (Wildman–Crippen MR) is 66.5 cm³/mol. The number of nitrogens with zero attached hydrogens (tertiary/aromatic N) is 1. The maximum absolute atomic E-state index is 6.04. The molecular weight excluding hydrogens is 224 g/mol. The van der Waals surface area contributed by atoms with Gasteiger partial charge < -0.3 is 11.1 Å². The number of nitrogens with one attached hydrogen (secondary N) is 2. The Bertz CT molecular complexity index is 472. The van der Waals surface area contributed by atoms with Crippen molar-refractivity contribution in [1.29, 1.82) is 0 Å². The van der Waals surface area contributed by atoms with Crippen molar-refractivity contribution in [2.24, 2.45) is 0 Å². The van der Waals surface area contributed by atoms with Gasteiger partial charge in [-0.2, -0.15) is 5.10 Å². The summed E-state index contributed by atoms with van der Waals surface area (Å²) in [5.41, 5.74) is 9.38. The maximum Gasteiger partial charge on any atom is 0.0765 e. The quantitative estimate of drug-likeness (QED) is 0.718. The summed E-state index contributed by atoms with van der Waals surface area (Å²) in [6, 6.07) is 5.45. The molecule has 4 nitrogen and oxygen atoms in total. The van der Waals surface area contributed by atoms with Crippen LogP contribution in [0.5, 0.6) is 0 Å². The molecule has 1 aromatic carbocycles. The van der Waals surface area contributed by atoms with E-state index in [1.807, 2.05) is 25.1 Å². The number of hydrogen-bond donors (Lipinski definition) is 3. The summed E-state index contributed by atoms with van der Waals surface area (Å²) in [7, 11) is 0. The zero-order chi connectivity index (χ0) is 11.5. The van der Waals surface area contributed by atoms with E-state index in [4.69, 9.17) is 17.3 Å². The van der Waals surface area contributed by atoms with Gasteiger partial charge in [0.05, 0.1) is 22.6 Å². The molecule has 84 valence electrons. The number of anilines is 2. The van der Waals surface area contributed by atoms with Crippen LogP contribution in [-0.2, 0) is 6.54 Å². The Morgan fingerprint density at radius 2 is 2.31 bits per heavy atom. The minimum absolute atomic E-state index is 0.626. The summed E-state index contributed by atoms with van der Waals surface area (Å²) in [6.45, 7) is 2.62. The minimum Gasteiger partial charge on any atom is -0.397 e. The lowest BCUT2D eigenvalue weighted by atomic mass is 10.2. The Hall–Kier alpha value is -1.68. The van der Waals surface area contributed by atoms with E-state index in [0.29, 0.717) is 17.3 Å². The second-order valence-corrected chi connectivity index (χ2v) is 3.99. The number of H-pyrrole nitrogens is 1. The SMILES string of the molecule is Cc1[nH]ncc1CNc1c(N)cccc1Cl. The Morgan fingerprint density at radius 3 is 2.94 bits per heavy atom. The maximum atomic E-state index is 6.04. The first kappa shape index (κ1) is 10.8. The van der Waals surface area contributed by atoms with Crippen molar-refractivity contribution in [3.63, 3.8) is 0 Å². The zero-order valence-corrected chi connectivity index (χ0v) is 9.67. The van der Waals surface area contributed by atoms with Gasteiger partial charge in [-0.3, -0.25) is 5.10 Å². The standard InChI is InChI=1S/C11H13ClN4/c1-7-8(6-15-16-7)5-14-11-9(12)3-2-4-10(11)13/h2-4,6,14H,5,13H2,1H3,(H,15,16). The van der Waals surface area contributed by atoms with E-state index in [9.17, 15) is 0 Å². The van der Waals surface area contributed by atoms with Crippen LogP contribution in [0.2, 0.25) is 5.02 Å². The van der Waals surface area contributed by atoms with Gasteiger partial charge in [0.2, 0.25) is 0 Å². The highest BCUT2D eigenvalue weighted by atomic mass is 35.5. The molecule has 2 aromatic rings. The Morgan fingerprint density at radius 1 is 1.50 bits per heavy atom. The highest BCUT2D eigenvalue weighted by molar-refractivity contribution is 6.33. The fourth-order valence-corrected chi connectivity index (χ4v) is 1.71. The molecule has 0 saturated carbocycles. The first-order chi connectivity index (χ1) is 7.68. The van der Waals surface area contributed by atoms with E-state index >= 15 is 0 Å². The molecule has 4 N–H and O–H groups in total. The van der Waals surface area contributed by atoms with Crippen molar-refractivity contribution >= 4 is 23.0 Å². The van der Waals surface area contributed by atoms with E-state index in [1.165, 1.54) is 0 Å². The van der Waals surface area contributed by atoms with Gasteiger partial charge in [-0.05, 0) is 19.1 Å². The molecule has 2 rings (SSSR count). The fourth-order valence-electron chi connectivity index (χ4n) is 1.46. The van der Waals surface area contributed by atoms with Crippen molar-refractivity contribution < 1.29 is 0 Å². The first-order valence-electron chi connectivity index (χ1n) is 4.95. The number of nitrogens with two attached hydrogens (primary N) is 1. The Labute approximate surface area is 98.8 Å². The summed E-state index contributed by atoms with van der Waals surface area (Å²) in [6.07, 6.45) is 1.79. The number of aromatic amines is 1. The van der Waals surface area contributed by atoms with Crippen molar-refractivity contribution in [3.05, 3.63) is 40.7 Å². The number of hydrogen-bond acceptors (Lipinski definition) is 3. The van der Waals surface area contributed by atoms with Gasteiger partial charge in [0.1, 0.15) is 0 Å². The molecule has 0 unspecified atom stereocenters. The molecule has 0 radical (unpaired) electrons. The van der Waals surface area contributed by atoms with E-state index in [2.05, 4.69) is 15.5 Å². The number of aryl methyl sites for hydroxylation is 1. The van der Waals surface area contributed by atoms with Crippen LogP contribution in [0.4, 0.5) is 11.4 Å². The molecule has 0 aliphatic rings. The third-order valence-corrected chi connectivity index (χ3v) is 2.75. The molecule has 0 spiro atoms. The lowest BCUT2D eigenvalue weighted by Gasteiger charge is -2.10. The fraction of sp³-hybridized carbons (Fsp3) is 0.182. The van der Waals surface area contributed by atoms with Crippen LogP contribution in [0.1, 0.15) is 11.3 Å². The van der Waals surface area contributed by atoms with E-state index in [1.54, 1.807) is 6.20 Å². The zero-order valence-electron chi connectivity index (χ0n) is 8.92. The Balaban J connectivity index is 2.14. The molecule has 0 bridgehead atoms. The third kappa shape index (κ3) is 2.12. The lowest BCUT2D eigenvalue weighted by Crippen LogP contribution is -2.03. The normalized spacial score (nSPS) is 10.4. The van der Waals surface area contributed by atoms with Gasteiger partial charge in [-0.1, -0.05) is 17.7 Å². The number of nitrogen functional groups attached to an aromatic ring is 1. The van der Waals surface area contributed by atoms with Gasteiger partial charge in [0.25, 0.3) is 0 Å². The molecule has 0 aliphatic carbocycles. The minimum atomic E-state index is 0.626. The summed E-state index contributed by atoms with van der Waals surface area (Å²) in [5.74, 6) is 0. The number of rotatable bonds is 3. The van der Waals surface area contributed by atoms with Crippen LogP contribution in [0.3, 0.4) is 0 Å². The van der Waals surface area contributed by atoms with Gasteiger partial charge >= 0.3 is 0 Å². The molecule has 0 atom stereocenters. The van der Waals surface area contributed by atoms with Crippen LogP contribution in [0.25, 0.3) is 0 Å².